The average molecular weight is 238 g/mol. The Balaban J connectivity index is 2.11. The SMILES string of the molecule is COCCn1ccnc1N1CCCCC1CN. The molecule has 0 bridgehead atoms. The van der Waals surface area contributed by atoms with Crippen LogP contribution in [0.1, 0.15) is 19.3 Å². The Morgan fingerprint density at radius 1 is 1.53 bits per heavy atom. The van der Waals surface area contributed by atoms with E-state index >= 15 is 0 Å². The Morgan fingerprint density at radius 3 is 3.18 bits per heavy atom. The first kappa shape index (κ1) is 12.4. The van der Waals surface area contributed by atoms with Gasteiger partial charge in [0.15, 0.2) is 0 Å². The van der Waals surface area contributed by atoms with Gasteiger partial charge in [-0.1, -0.05) is 0 Å². The van der Waals surface area contributed by atoms with Gasteiger partial charge in [-0.05, 0) is 19.3 Å². The minimum Gasteiger partial charge on any atom is -0.383 e. The second-order valence-electron chi connectivity index (χ2n) is 4.49. The van der Waals surface area contributed by atoms with Gasteiger partial charge in [-0.3, -0.25) is 0 Å². The molecule has 0 saturated carbocycles. The summed E-state index contributed by atoms with van der Waals surface area (Å²) in [4.78, 5) is 6.82. The van der Waals surface area contributed by atoms with Gasteiger partial charge in [0.2, 0.25) is 5.95 Å². The lowest BCUT2D eigenvalue weighted by Crippen LogP contribution is -2.45. The number of methoxy groups -OCH3 is 1. The average Bonchev–Trinajstić information content (AvgIpc) is 2.84. The van der Waals surface area contributed by atoms with Crippen molar-refractivity contribution in [3.05, 3.63) is 12.4 Å². The molecule has 5 heteroatoms. The smallest absolute Gasteiger partial charge is 0.205 e. The second kappa shape index (κ2) is 6.02. The van der Waals surface area contributed by atoms with Crippen LogP contribution in [0.15, 0.2) is 12.4 Å². The molecule has 5 nitrogen and oxygen atoms in total. The Hall–Kier alpha value is -1.07. The third-order valence-electron chi connectivity index (χ3n) is 3.39. The lowest BCUT2D eigenvalue weighted by Gasteiger charge is -2.36. The zero-order chi connectivity index (χ0) is 12.1. The van der Waals surface area contributed by atoms with Crippen molar-refractivity contribution in [1.29, 1.82) is 0 Å². The van der Waals surface area contributed by atoms with Crippen molar-refractivity contribution in [1.82, 2.24) is 9.55 Å². The summed E-state index contributed by atoms with van der Waals surface area (Å²) in [6.07, 6.45) is 7.54. The van der Waals surface area contributed by atoms with Crippen LogP contribution in [-0.2, 0) is 11.3 Å². The predicted molar refractivity (Wildman–Crippen MR) is 68.1 cm³/mol. The van der Waals surface area contributed by atoms with Crippen LogP contribution < -0.4 is 10.6 Å². The van der Waals surface area contributed by atoms with Crippen LogP contribution in [0.2, 0.25) is 0 Å². The molecule has 0 aromatic carbocycles. The number of nitrogens with zero attached hydrogens (tertiary/aromatic N) is 3. The highest BCUT2D eigenvalue weighted by molar-refractivity contribution is 5.34. The first-order valence-corrected chi connectivity index (χ1v) is 6.33. The fourth-order valence-electron chi connectivity index (χ4n) is 2.43. The van der Waals surface area contributed by atoms with Crippen molar-refractivity contribution >= 4 is 5.95 Å². The minimum atomic E-state index is 0.437. The van der Waals surface area contributed by atoms with E-state index in [1.807, 2.05) is 12.4 Å². The molecule has 0 amide bonds. The number of ether oxygens (including phenoxy) is 1. The number of aromatic nitrogens is 2. The monoisotopic (exact) mass is 238 g/mol. The first-order chi connectivity index (χ1) is 8.36. The van der Waals surface area contributed by atoms with Crippen molar-refractivity contribution in [3.8, 4) is 0 Å². The summed E-state index contributed by atoms with van der Waals surface area (Å²) >= 11 is 0. The molecule has 0 aliphatic carbocycles. The molecule has 1 fully saturated rings. The molecule has 1 aliphatic rings. The van der Waals surface area contributed by atoms with E-state index in [-0.39, 0.29) is 0 Å². The van der Waals surface area contributed by atoms with Crippen LogP contribution in [0.5, 0.6) is 0 Å². The maximum Gasteiger partial charge on any atom is 0.205 e. The fourth-order valence-corrected chi connectivity index (χ4v) is 2.43. The fraction of sp³-hybridized carbons (Fsp3) is 0.750. The third-order valence-corrected chi connectivity index (χ3v) is 3.39. The van der Waals surface area contributed by atoms with E-state index in [4.69, 9.17) is 10.5 Å². The molecule has 2 N–H and O–H groups in total. The molecular formula is C12H22N4O. The molecule has 1 saturated heterocycles. The lowest BCUT2D eigenvalue weighted by molar-refractivity contribution is 0.187. The number of hydrogen-bond donors (Lipinski definition) is 1. The van der Waals surface area contributed by atoms with Crippen LogP contribution in [0.25, 0.3) is 0 Å². The number of imidazole rings is 1. The summed E-state index contributed by atoms with van der Waals surface area (Å²) in [6.45, 7) is 3.33. The van der Waals surface area contributed by atoms with Gasteiger partial charge in [0.05, 0.1) is 6.61 Å². The molecule has 17 heavy (non-hydrogen) atoms. The van der Waals surface area contributed by atoms with Crippen LogP contribution in [0, 0.1) is 0 Å². The minimum absolute atomic E-state index is 0.437. The quantitative estimate of drug-likeness (QED) is 0.826. The summed E-state index contributed by atoms with van der Waals surface area (Å²) < 4.78 is 7.27. The summed E-state index contributed by atoms with van der Waals surface area (Å²) in [5.74, 6) is 1.04. The van der Waals surface area contributed by atoms with E-state index in [1.165, 1.54) is 19.3 Å². The molecule has 1 aromatic heterocycles. The van der Waals surface area contributed by atoms with Gasteiger partial charge in [0, 0.05) is 45.2 Å². The van der Waals surface area contributed by atoms with Crippen molar-refractivity contribution in [2.45, 2.75) is 31.8 Å². The van der Waals surface area contributed by atoms with Gasteiger partial charge in [-0.2, -0.15) is 0 Å². The molecule has 1 atom stereocenters. The van der Waals surface area contributed by atoms with E-state index in [9.17, 15) is 0 Å². The first-order valence-electron chi connectivity index (χ1n) is 6.33. The number of hydrogen-bond acceptors (Lipinski definition) is 4. The molecule has 2 heterocycles. The molecule has 1 unspecified atom stereocenters. The summed E-state index contributed by atoms with van der Waals surface area (Å²) in [6, 6.07) is 0.437. The normalized spacial score (nSPS) is 20.8. The van der Waals surface area contributed by atoms with E-state index in [0.29, 0.717) is 19.2 Å². The van der Waals surface area contributed by atoms with Gasteiger partial charge < -0.3 is 19.9 Å². The summed E-state index contributed by atoms with van der Waals surface area (Å²) in [5.41, 5.74) is 5.85. The van der Waals surface area contributed by atoms with Crippen molar-refractivity contribution in [3.63, 3.8) is 0 Å². The molecule has 2 rings (SSSR count). The van der Waals surface area contributed by atoms with Gasteiger partial charge in [-0.25, -0.2) is 4.98 Å². The van der Waals surface area contributed by atoms with Crippen molar-refractivity contribution in [2.75, 3.05) is 31.7 Å². The van der Waals surface area contributed by atoms with E-state index < -0.39 is 0 Å². The number of piperidine rings is 1. The number of rotatable bonds is 5. The Bertz CT molecular complexity index is 339. The molecule has 96 valence electrons. The van der Waals surface area contributed by atoms with Gasteiger partial charge in [0.25, 0.3) is 0 Å². The Kier molecular flexibility index (Phi) is 4.39. The zero-order valence-electron chi connectivity index (χ0n) is 10.5. The highest BCUT2D eigenvalue weighted by Gasteiger charge is 2.24. The van der Waals surface area contributed by atoms with Crippen LogP contribution in [0.4, 0.5) is 5.95 Å². The van der Waals surface area contributed by atoms with Gasteiger partial charge >= 0.3 is 0 Å². The molecule has 1 aromatic rings. The highest BCUT2D eigenvalue weighted by atomic mass is 16.5. The molecule has 0 radical (unpaired) electrons. The number of anilines is 1. The summed E-state index contributed by atoms with van der Waals surface area (Å²) in [7, 11) is 1.72. The van der Waals surface area contributed by atoms with E-state index in [1.54, 1.807) is 7.11 Å². The van der Waals surface area contributed by atoms with Crippen LogP contribution in [0.3, 0.4) is 0 Å². The maximum absolute atomic E-state index is 5.85. The zero-order valence-corrected chi connectivity index (χ0v) is 10.5. The maximum atomic E-state index is 5.85. The standard InChI is InChI=1S/C12H22N4O/c1-17-9-8-15-7-5-14-12(15)16-6-3-2-4-11(16)10-13/h5,7,11H,2-4,6,8-10,13H2,1H3. The van der Waals surface area contributed by atoms with Crippen LogP contribution >= 0.6 is 0 Å². The predicted octanol–water partition coefficient (Wildman–Crippen LogP) is 0.847. The second-order valence-corrected chi connectivity index (χ2v) is 4.49. The Labute approximate surface area is 103 Å². The molecule has 0 spiro atoms. The molecule has 1 aliphatic heterocycles. The van der Waals surface area contributed by atoms with Crippen LogP contribution in [-0.4, -0.2) is 42.4 Å². The van der Waals surface area contributed by atoms with Gasteiger partial charge in [0.1, 0.15) is 0 Å². The van der Waals surface area contributed by atoms with Gasteiger partial charge in [-0.15, -0.1) is 0 Å². The van der Waals surface area contributed by atoms with Crippen molar-refractivity contribution in [2.24, 2.45) is 5.73 Å². The lowest BCUT2D eigenvalue weighted by atomic mass is 10.0. The molecular weight excluding hydrogens is 216 g/mol. The third kappa shape index (κ3) is 2.79. The van der Waals surface area contributed by atoms with E-state index in [2.05, 4.69) is 14.5 Å². The van der Waals surface area contributed by atoms with E-state index in [0.717, 1.165) is 19.0 Å². The summed E-state index contributed by atoms with van der Waals surface area (Å²) in [5, 5.41) is 0. The number of nitrogens with two attached hydrogens (primary N) is 1. The Morgan fingerprint density at radius 2 is 2.41 bits per heavy atom. The highest BCUT2D eigenvalue weighted by Crippen LogP contribution is 2.22. The largest absolute Gasteiger partial charge is 0.383 e. The topological polar surface area (TPSA) is 56.3 Å². The van der Waals surface area contributed by atoms with Crippen molar-refractivity contribution < 1.29 is 4.74 Å².